The lowest BCUT2D eigenvalue weighted by atomic mass is 9.90. The number of nitrogens with one attached hydrogen (secondary N) is 2. The molecule has 1 aromatic heterocycles. The van der Waals surface area contributed by atoms with Gasteiger partial charge >= 0.3 is 5.69 Å². The Morgan fingerprint density at radius 1 is 0.667 bits per heavy atom. The van der Waals surface area contributed by atoms with E-state index in [1.165, 1.54) is 22.4 Å². The summed E-state index contributed by atoms with van der Waals surface area (Å²) < 4.78 is 0. The van der Waals surface area contributed by atoms with Crippen molar-refractivity contribution in [1.29, 1.82) is 0 Å². The van der Waals surface area contributed by atoms with Gasteiger partial charge in [-0.2, -0.15) is 0 Å². The minimum atomic E-state index is -0.499. The van der Waals surface area contributed by atoms with Crippen LogP contribution in [0.4, 0.5) is 0 Å². The number of aromatic nitrogens is 2. The van der Waals surface area contributed by atoms with Crippen LogP contribution >= 0.6 is 0 Å². The molecule has 0 spiro atoms. The SMILES string of the molecule is O=c1[nH]cc(-c2ccc3ccc4cccc5ccc2c3c45)c(=O)[nH]1. The van der Waals surface area contributed by atoms with Crippen LogP contribution in [0.25, 0.3) is 43.4 Å². The van der Waals surface area contributed by atoms with Gasteiger partial charge in [0.25, 0.3) is 5.56 Å². The van der Waals surface area contributed by atoms with Crippen LogP contribution in [0.1, 0.15) is 0 Å². The van der Waals surface area contributed by atoms with Gasteiger partial charge in [-0.15, -0.1) is 0 Å². The predicted molar refractivity (Wildman–Crippen MR) is 96.8 cm³/mol. The van der Waals surface area contributed by atoms with Gasteiger partial charge in [0.2, 0.25) is 0 Å². The second-order valence-corrected chi connectivity index (χ2v) is 5.95. The Labute approximate surface area is 135 Å². The molecule has 0 atom stereocenters. The van der Waals surface area contributed by atoms with E-state index in [-0.39, 0.29) is 5.56 Å². The van der Waals surface area contributed by atoms with Crippen LogP contribution in [0.2, 0.25) is 0 Å². The molecule has 24 heavy (non-hydrogen) atoms. The van der Waals surface area contributed by atoms with E-state index in [0.29, 0.717) is 5.56 Å². The van der Waals surface area contributed by atoms with E-state index in [4.69, 9.17) is 0 Å². The third kappa shape index (κ3) is 1.68. The molecule has 0 radical (unpaired) electrons. The highest BCUT2D eigenvalue weighted by molar-refractivity contribution is 6.25. The molecule has 0 aliphatic carbocycles. The van der Waals surface area contributed by atoms with Crippen LogP contribution in [-0.4, -0.2) is 9.97 Å². The molecular weight excluding hydrogens is 300 g/mol. The largest absolute Gasteiger partial charge is 0.325 e. The molecule has 2 N–H and O–H groups in total. The molecular formula is C20H12N2O2. The summed E-state index contributed by atoms with van der Waals surface area (Å²) >= 11 is 0. The van der Waals surface area contributed by atoms with Crippen LogP contribution in [0.3, 0.4) is 0 Å². The quantitative estimate of drug-likeness (QED) is 0.464. The number of rotatable bonds is 1. The van der Waals surface area contributed by atoms with Crippen molar-refractivity contribution in [2.75, 3.05) is 0 Å². The van der Waals surface area contributed by atoms with Crippen LogP contribution < -0.4 is 11.2 Å². The molecule has 0 amide bonds. The zero-order chi connectivity index (χ0) is 16.3. The van der Waals surface area contributed by atoms with Gasteiger partial charge in [0, 0.05) is 6.20 Å². The molecule has 4 heteroatoms. The third-order valence-corrected chi connectivity index (χ3v) is 4.64. The number of H-pyrrole nitrogens is 2. The summed E-state index contributed by atoms with van der Waals surface area (Å²) in [4.78, 5) is 28.4. The molecule has 114 valence electrons. The van der Waals surface area contributed by atoms with Crippen LogP contribution in [0.5, 0.6) is 0 Å². The minimum absolute atomic E-state index is 0.381. The lowest BCUT2D eigenvalue weighted by Gasteiger charge is -2.13. The van der Waals surface area contributed by atoms with Gasteiger partial charge in [-0.1, -0.05) is 54.6 Å². The fourth-order valence-corrected chi connectivity index (χ4v) is 3.58. The van der Waals surface area contributed by atoms with Crippen molar-refractivity contribution in [3.63, 3.8) is 0 Å². The van der Waals surface area contributed by atoms with E-state index >= 15 is 0 Å². The Morgan fingerprint density at radius 3 is 2.08 bits per heavy atom. The zero-order valence-electron chi connectivity index (χ0n) is 12.6. The second kappa shape index (κ2) is 4.55. The van der Waals surface area contributed by atoms with Gasteiger partial charge < -0.3 is 4.98 Å². The molecule has 0 saturated carbocycles. The molecule has 5 aromatic rings. The van der Waals surface area contributed by atoms with E-state index in [9.17, 15) is 9.59 Å². The fraction of sp³-hybridized carbons (Fsp3) is 0. The second-order valence-electron chi connectivity index (χ2n) is 5.95. The average Bonchev–Trinajstić information content (AvgIpc) is 2.60. The smallest absolute Gasteiger partial charge is 0.313 e. The summed E-state index contributed by atoms with van der Waals surface area (Å²) in [5.41, 5.74) is 0.404. The molecule has 1 heterocycles. The van der Waals surface area contributed by atoms with Crippen molar-refractivity contribution >= 4 is 32.3 Å². The first-order valence-corrected chi connectivity index (χ1v) is 7.71. The topological polar surface area (TPSA) is 65.7 Å². The molecule has 4 nitrogen and oxygen atoms in total. The van der Waals surface area contributed by atoms with Crippen LogP contribution in [0, 0.1) is 0 Å². The average molecular weight is 312 g/mol. The Morgan fingerprint density at radius 2 is 1.33 bits per heavy atom. The Kier molecular flexibility index (Phi) is 2.48. The molecule has 0 fully saturated rings. The first kappa shape index (κ1) is 13.1. The summed E-state index contributed by atoms with van der Waals surface area (Å²) in [6.07, 6.45) is 1.48. The zero-order valence-corrected chi connectivity index (χ0v) is 12.6. The van der Waals surface area contributed by atoms with Gasteiger partial charge in [-0.3, -0.25) is 9.78 Å². The molecule has 0 unspecified atom stereocenters. The maximum Gasteiger partial charge on any atom is 0.325 e. The van der Waals surface area contributed by atoms with Gasteiger partial charge in [-0.25, -0.2) is 4.79 Å². The standard InChI is InChI=1S/C20H12N2O2/c23-19-16(10-21-20(24)22-19)14-8-6-13-5-4-11-2-1-3-12-7-9-15(14)18(13)17(11)12/h1-10H,(H2,21,22,23,24). The molecule has 0 aliphatic rings. The van der Waals surface area contributed by atoms with Crippen LogP contribution in [-0.2, 0) is 0 Å². The first-order chi connectivity index (χ1) is 11.7. The lowest BCUT2D eigenvalue weighted by Crippen LogP contribution is -2.22. The number of hydrogen-bond acceptors (Lipinski definition) is 2. The van der Waals surface area contributed by atoms with E-state index in [1.807, 2.05) is 18.2 Å². The summed E-state index contributed by atoms with van der Waals surface area (Å²) in [5, 5.41) is 6.86. The van der Waals surface area contributed by atoms with E-state index in [0.717, 1.165) is 21.7 Å². The molecule has 0 saturated heterocycles. The predicted octanol–water partition coefficient (Wildman–Crippen LogP) is 3.63. The van der Waals surface area contributed by atoms with Crippen molar-refractivity contribution in [2.45, 2.75) is 0 Å². The fourth-order valence-electron chi connectivity index (χ4n) is 3.58. The molecule has 0 bridgehead atoms. The Hall–Kier alpha value is -3.40. The number of hydrogen-bond donors (Lipinski definition) is 2. The van der Waals surface area contributed by atoms with Crippen LogP contribution in [0.15, 0.2) is 70.4 Å². The van der Waals surface area contributed by atoms with E-state index in [2.05, 4.69) is 46.4 Å². The summed E-state index contributed by atoms with van der Waals surface area (Å²) in [6, 6.07) is 18.6. The van der Waals surface area contributed by atoms with Gasteiger partial charge in [0.1, 0.15) is 0 Å². The lowest BCUT2D eigenvalue weighted by molar-refractivity contribution is 1.04. The maximum absolute atomic E-state index is 12.2. The molecule has 0 aliphatic heterocycles. The highest BCUT2D eigenvalue weighted by Gasteiger charge is 2.13. The minimum Gasteiger partial charge on any atom is -0.313 e. The highest BCUT2D eigenvalue weighted by Crippen LogP contribution is 2.38. The van der Waals surface area contributed by atoms with Crippen molar-refractivity contribution in [2.24, 2.45) is 0 Å². The van der Waals surface area contributed by atoms with Gasteiger partial charge in [0.15, 0.2) is 0 Å². The Balaban J connectivity index is 2.01. The number of benzene rings is 4. The van der Waals surface area contributed by atoms with Crippen molar-refractivity contribution < 1.29 is 0 Å². The van der Waals surface area contributed by atoms with Gasteiger partial charge in [0.05, 0.1) is 5.56 Å². The summed E-state index contributed by atoms with van der Waals surface area (Å²) in [7, 11) is 0. The highest BCUT2D eigenvalue weighted by atomic mass is 16.2. The summed E-state index contributed by atoms with van der Waals surface area (Å²) in [6.45, 7) is 0. The normalized spacial score (nSPS) is 11.7. The van der Waals surface area contributed by atoms with Gasteiger partial charge in [-0.05, 0) is 37.9 Å². The third-order valence-electron chi connectivity index (χ3n) is 4.64. The van der Waals surface area contributed by atoms with E-state index < -0.39 is 5.69 Å². The number of aromatic amines is 2. The van der Waals surface area contributed by atoms with Crippen molar-refractivity contribution in [1.82, 2.24) is 9.97 Å². The first-order valence-electron chi connectivity index (χ1n) is 7.71. The Bertz CT molecular complexity index is 1330. The maximum atomic E-state index is 12.2. The monoisotopic (exact) mass is 312 g/mol. The molecule has 4 aromatic carbocycles. The van der Waals surface area contributed by atoms with Crippen molar-refractivity contribution in [3.05, 3.63) is 81.6 Å². The molecule has 5 rings (SSSR count). The summed E-state index contributed by atoms with van der Waals surface area (Å²) in [5.74, 6) is 0. The van der Waals surface area contributed by atoms with E-state index in [1.54, 1.807) is 0 Å². The van der Waals surface area contributed by atoms with Crippen molar-refractivity contribution in [3.8, 4) is 11.1 Å².